The van der Waals surface area contributed by atoms with Gasteiger partial charge in [-0.25, -0.2) is 4.68 Å². The molecule has 0 bridgehead atoms. The van der Waals surface area contributed by atoms with Gasteiger partial charge in [0.1, 0.15) is 11.2 Å². The van der Waals surface area contributed by atoms with Crippen molar-refractivity contribution in [3.8, 4) is 11.8 Å². The SMILES string of the molecule is Cc1nn(-c2cccc(Cl)c2)c(Cl)c1/C=C(\C#N)c1ccccn1. The molecule has 3 aromatic rings. The Morgan fingerprint density at radius 1 is 1.21 bits per heavy atom. The second-order valence-electron chi connectivity index (χ2n) is 5.07. The van der Waals surface area contributed by atoms with Crippen molar-refractivity contribution in [2.24, 2.45) is 0 Å². The first-order valence-corrected chi connectivity index (χ1v) is 7.90. The minimum absolute atomic E-state index is 0.415. The fourth-order valence-corrected chi connectivity index (χ4v) is 2.80. The molecule has 0 atom stereocenters. The van der Waals surface area contributed by atoms with Crippen LogP contribution in [0.15, 0.2) is 48.7 Å². The number of halogens is 2. The summed E-state index contributed by atoms with van der Waals surface area (Å²) in [6.45, 7) is 1.84. The standard InChI is InChI=1S/C18H12Cl2N4/c1-12-16(9-13(11-21)17-7-2-3-8-22-17)18(20)24(23-12)15-6-4-5-14(19)10-15/h2-10H,1H3/b13-9+. The molecule has 2 aromatic heterocycles. The summed E-state index contributed by atoms with van der Waals surface area (Å²) < 4.78 is 1.60. The van der Waals surface area contributed by atoms with Gasteiger partial charge < -0.3 is 0 Å². The van der Waals surface area contributed by atoms with Gasteiger partial charge in [-0.2, -0.15) is 10.4 Å². The van der Waals surface area contributed by atoms with Gasteiger partial charge in [0.2, 0.25) is 0 Å². The van der Waals surface area contributed by atoms with Crippen LogP contribution < -0.4 is 0 Å². The van der Waals surface area contributed by atoms with E-state index in [0.29, 0.717) is 32.7 Å². The van der Waals surface area contributed by atoms with Crippen molar-refractivity contribution in [2.45, 2.75) is 6.92 Å². The van der Waals surface area contributed by atoms with Crippen LogP contribution in [0.1, 0.15) is 17.0 Å². The van der Waals surface area contributed by atoms with E-state index in [9.17, 15) is 5.26 Å². The zero-order valence-electron chi connectivity index (χ0n) is 12.7. The van der Waals surface area contributed by atoms with Crippen LogP contribution in [-0.2, 0) is 0 Å². The molecule has 0 spiro atoms. The predicted octanol–water partition coefficient (Wildman–Crippen LogP) is 4.95. The first-order chi connectivity index (χ1) is 11.6. The number of aromatic nitrogens is 3. The average molecular weight is 355 g/mol. The van der Waals surface area contributed by atoms with E-state index in [4.69, 9.17) is 23.2 Å². The maximum Gasteiger partial charge on any atom is 0.140 e. The van der Waals surface area contributed by atoms with Crippen LogP contribution in [-0.4, -0.2) is 14.8 Å². The lowest BCUT2D eigenvalue weighted by molar-refractivity contribution is 0.863. The van der Waals surface area contributed by atoms with Crippen molar-refractivity contribution in [1.82, 2.24) is 14.8 Å². The smallest absolute Gasteiger partial charge is 0.140 e. The molecule has 0 aliphatic rings. The maximum atomic E-state index is 9.44. The van der Waals surface area contributed by atoms with Crippen molar-refractivity contribution in [3.63, 3.8) is 0 Å². The van der Waals surface area contributed by atoms with Crippen LogP contribution in [0.4, 0.5) is 0 Å². The van der Waals surface area contributed by atoms with E-state index in [1.807, 2.05) is 25.1 Å². The van der Waals surface area contributed by atoms with E-state index in [1.54, 1.807) is 41.2 Å². The van der Waals surface area contributed by atoms with Gasteiger partial charge in [0.25, 0.3) is 0 Å². The number of nitriles is 1. The van der Waals surface area contributed by atoms with E-state index in [2.05, 4.69) is 16.2 Å². The number of allylic oxidation sites excluding steroid dienone is 1. The zero-order valence-corrected chi connectivity index (χ0v) is 14.3. The average Bonchev–Trinajstić information content (AvgIpc) is 2.88. The predicted molar refractivity (Wildman–Crippen MR) is 96.0 cm³/mol. The molecule has 0 fully saturated rings. The summed E-state index contributed by atoms with van der Waals surface area (Å²) in [5.41, 5.74) is 3.16. The zero-order chi connectivity index (χ0) is 17.1. The molecule has 0 aliphatic heterocycles. The summed E-state index contributed by atoms with van der Waals surface area (Å²) in [6.07, 6.45) is 3.35. The number of hydrogen-bond donors (Lipinski definition) is 0. The fraction of sp³-hybridized carbons (Fsp3) is 0.0556. The molecule has 4 nitrogen and oxygen atoms in total. The van der Waals surface area contributed by atoms with Crippen molar-refractivity contribution in [2.75, 3.05) is 0 Å². The summed E-state index contributed by atoms with van der Waals surface area (Å²) in [4.78, 5) is 4.20. The molecule has 0 radical (unpaired) electrons. The first kappa shape index (κ1) is 16.3. The summed E-state index contributed by atoms with van der Waals surface area (Å²) in [7, 11) is 0. The number of aryl methyl sites for hydroxylation is 1. The van der Waals surface area contributed by atoms with Gasteiger partial charge in [-0.1, -0.05) is 35.3 Å². The Balaban J connectivity index is 2.10. The van der Waals surface area contributed by atoms with E-state index < -0.39 is 0 Å². The Morgan fingerprint density at radius 2 is 2.04 bits per heavy atom. The van der Waals surface area contributed by atoms with E-state index in [0.717, 1.165) is 5.69 Å². The van der Waals surface area contributed by atoms with Crippen LogP contribution in [0, 0.1) is 18.3 Å². The van der Waals surface area contributed by atoms with Gasteiger partial charge in [-0.15, -0.1) is 0 Å². The highest BCUT2D eigenvalue weighted by Gasteiger charge is 2.15. The molecule has 6 heteroatoms. The summed E-state index contributed by atoms with van der Waals surface area (Å²) in [5, 5.41) is 14.9. The molecule has 0 N–H and O–H groups in total. The molecule has 0 saturated carbocycles. The molecule has 0 saturated heterocycles. The lowest BCUT2D eigenvalue weighted by Gasteiger charge is -2.03. The van der Waals surface area contributed by atoms with Gasteiger partial charge in [-0.3, -0.25) is 4.98 Å². The quantitative estimate of drug-likeness (QED) is 0.625. The van der Waals surface area contributed by atoms with E-state index in [-0.39, 0.29) is 0 Å². The van der Waals surface area contributed by atoms with Crippen molar-refractivity contribution >= 4 is 34.9 Å². The number of hydrogen-bond acceptors (Lipinski definition) is 3. The highest BCUT2D eigenvalue weighted by atomic mass is 35.5. The van der Waals surface area contributed by atoms with Gasteiger partial charge >= 0.3 is 0 Å². The van der Waals surface area contributed by atoms with E-state index in [1.165, 1.54) is 0 Å². The molecule has 118 valence electrons. The Hall–Kier alpha value is -2.61. The number of rotatable bonds is 3. The minimum atomic E-state index is 0.415. The van der Waals surface area contributed by atoms with Crippen LogP contribution in [0.5, 0.6) is 0 Å². The van der Waals surface area contributed by atoms with Crippen molar-refractivity contribution < 1.29 is 0 Å². The molecule has 0 amide bonds. The van der Waals surface area contributed by atoms with Crippen LogP contribution in [0.3, 0.4) is 0 Å². The fourth-order valence-electron chi connectivity index (χ4n) is 2.28. The van der Waals surface area contributed by atoms with Gasteiger partial charge in [-0.05, 0) is 43.3 Å². The Morgan fingerprint density at radius 3 is 2.71 bits per heavy atom. The molecule has 3 rings (SSSR count). The van der Waals surface area contributed by atoms with Crippen molar-refractivity contribution in [1.29, 1.82) is 5.26 Å². The third-order valence-corrected chi connectivity index (χ3v) is 4.05. The normalized spacial score (nSPS) is 11.3. The molecule has 2 heterocycles. The lowest BCUT2D eigenvalue weighted by Crippen LogP contribution is -1.96. The van der Waals surface area contributed by atoms with Crippen LogP contribution in [0.25, 0.3) is 17.3 Å². The third-order valence-electron chi connectivity index (χ3n) is 3.45. The van der Waals surface area contributed by atoms with Gasteiger partial charge in [0.15, 0.2) is 0 Å². The molecule has 0 unspecified atom stereocenters. The largest absolute Gasteiger partial charge is 0.256 e. The second kappa shape index (κ2) is 6.88. The molecule has 0 aliphatic carbocycles. The first-order valence-electron chi connectivity index (χ1n) is 7.14. The Labute approximate surface area is 149 Å². The van der Waals surface area contributed by atoms with Gasteiger partial charge in [0, 0.05) is 16.8 Å². The van der Waals surface area contributed by atoms with Crippen LogP contribution in [0.2, 0.25) is 10.2 Å². The number of benzene rings is 1. The lowest BCUT2D eigenvalue weighted by atomic mass is 10.1. The number of nitrogens with zero attached hydrogens (tertiary/aromatic N) is 4. The second-order valence-corrected chi connectivity index (χ2v) is 5.86. The summed E-state index contributed by atoms with van der Waals surface area (Å²) in [5.74, 6) is 0. The molecular formula is C18H12Cl2N4. The highest BCUT2D eigenvalue weighted by molar-refractivity contribution is 6.32. The Bertz CT molecular complexity index is 953. The maximum absolute atomic E-state index is 9.44. The third kappa shape index (κ3) is 3.18. The van der Waals surface area contributed by atoms with Crippen LogP contribution >= 0.6 is 23.2 Å². The molecule has 24 heavy (non-hydrogen) atoms. The highest BCUT2D eigenvalue weighted by Crippen LogP contribution is 2.28. The number of pyridine rings is 1. The Kier molecular flexibility index (Phi) is 4.66. The topological polar surface area (TPSA) is 54.5 Å². The monoisotopic (exact) mass is 354 g/mol. The summed E-state index contributed by atoms with van der Waals surface area (Å²) >= 11 is 12.5. The molecule has 1 aromatic carbocycles. The van der Waals surface area contributed by atoms with Crippen molar-refractivity contribution in [3.05, 3.63) is 75.8 Å². The minimum Gasteiger partial charge on any atom is -0.256 e. The van der Waals surface area contributed by atoms with E-state index >= 15 is 0 Å². The molecular weight excluding hydrogens is 343 g/mol. The van der Waals surface area contributed by atoms with Gasteiger partial charge in [0.05, 0.1) is 22.6 Å². The summed E-state index contributed by atoms with van der Waals surface area (Å²) in [6, 6.07) is 14.8.